The monoisotopic (exact) mass is 139 g/mol. The van der Waals surface area contributed by atoms with E-state index < -0.39 is 0 Å². The maximum atomic E-state index is 3.43. The van der Waals surface area contributed by atoms with Crippen LogP contribution in [0.25, 0.3) is 0 Å². The van der Waals surface area contributed by atoms with Crippen molar-refractivity contribution in [2.75, 3.05) is 13.1 Å². The molecule has 1 saturated heterocycles. The molecule has 0 amide bonds. The Morgan fingerprint density at radius 2 is 2.00 bits per heavy atom. The van der Waals surface area contributed by atoms with Crippen LogP contribution in [0, 0.1) is 17.8 Å². The smallest absolute Gasteiger partial charge is 0.00144 e. The number of rotatable bonds is 3. The number of fused-ring (bicyclic) bond motifs is 1. The summed E-state index contributed by atoms with van der Waals surface area (Å²) in [5.41, 5.74) is 0. The largest absolute Gasteiger partial charge is 0.316 e. The Labute approximate surface area is 63.2 Å². The van der Waals surface area contributed by atoms with E-state index in [-0.39, 0.29) is 0 Å². The summed E-state index contributed by atoms with van der Waals surface area (Å²) in [6.07, 6.45) is 4.34. The lowest BCUT2D eigenvalue weighted by atomic mass is 10.1. The third-order valence-corrected chi connectivity index (χ3v) is 3.16. The Kier molecular flexibility index (Phi) is 1.69. The fourth-order valence-electron chi connectivity index (χ4n) is 2.41. The molecular weight excluding hydrogens is 122 g/mol. The Bertz CT molecular complexity index is 112. The quantitative estimate of drug-likeness (QED) is 0.627. The van der Waals surface area contributed by atoms with E-state index in [1.54, 1.807) is 0 Å². The molecule has 10 heavy (non-hydrogen) atoms. The molecule has 2 rings (SSSR count). The Hall–Kier alpha value is -0.0400. The standard InChI is InChI=1S/C9H17N/c1-2-3-4-7-8-5-10-6-9(7)8/h7-10H,2-6H2,1H3. The molecule has 58 valence electrons. The minimum atomic E-state index is 1.09. The molecule has 1 heterocycles. The van der Waals surface area contributed by atoms with E-state index in [0.717, 1.165) is 17.8 Å². The van der Waals surface area contributed by atoms with Gasteiger partial charge in [-0.15, -0.1) is 0 Å². The summed E-state index contributed by atoms with van der Waals surface area (Å²) in [7, 11) is 0. The van der Waals surface area contributed by atoms with Gasteiger partial charge in [-0.1, -0.05) is 19.8 Å². The van der Waals surface area contributed by atoms with Crippen LogP contribution in [0.15, 0.2) is 0 Å². The first-order valence-corrected chi connectivity index (χ1v) is 4.64. The molecule has 0 aromatic heterocycles. The second-order valence-electron chi connectivity index (χ2n) is 3.79. The predicted octanol–water partition coefficient (Wildman–Crippen LogP) is 1.64. The Balaban J connectivity index is 1.69. The van der Waals surface area contributed by atoms with Crippen LogP contribution in [0.1, 0.15) is 26.2 Å². The molecule has 1 nitrogen and oxygen atoms in total. The number of hydrogen-bond donors (Lipinski definition) is 1. The maximum absolute atomic E-state index is 3.43. The van der Waals surface area contributed by atoms with E-state index >= 15 is 0 Å². The molecule has 0 spiro atoms. The average molecular weight is 139 g/mol. The van der Waals surface area contributed by atoms with Gasteiger partial charge in [-0.05, 0) is 37.3 Å². The Morgan fingerprint density at radius 3 is 2.60 bits per heavy atom. The minimum Gasteiger partial charge on any atom is -0.316 e. The van der Waals surface area contributed by atoms with Crippen molar-refractivity contribution in [1.29, 1.82) is 0 Å². The first-order valence-electron chi connectivity index (χ1n) is 4.64. The second kappa shape index (κ2) is 2.54. The summed E-state index contributed by atoms with van der Waals surface area (Å²) < 4.78 is 0. The van der Waals surface area contributed by atoms with Crippen molar-refractivity contribution >= 4 is 0 Å². The van der Waals surface area contributed by atoms with Crippen LogP contribution in [-0.4, -0.2) is 13.1 Å². The molecule has 1 saturated carbocycles. The van der Waals surface area contributed by atoms with Gasteiger partial charge in [0.1, 0.15) is 0 Å². The third kappa shape index (κ3) is 0.968. The fourth-order valence-corrected chi connectivity index (χ4v) is 2.41. The molecule has 1 heteroatoms. The normalized spacial score (nSPS) is 43.5. The molecule has 0 aromatic rings. The van der Waals surface area contributed by atoms with E-state index in [1.807, 2.05) is 0 Å². The molecule has 2 aliphatic rings. The molecule has 2 unspecified atom stereocenters. The van der Waals surface area contributed by atoms with Crippen molar-refractivity contribution in [3.8, 4) is 0 Å². The predicted molar refractivity (Wildman–Crippen MR) is 42.9 cm³/mol. The fraction of sp³-hybridized carbons (Fsp3) is 1.00. The first kappa shape index (κ1) is 6.66. The summed E-state index contributed by atoms with van der Waals surface area (Å²) >= 11 is 0. The van der Waals surface area contributed by atoms with Crippen molar-refractivity contribution in [3.05, 3.63) is 0 Å². The van der Waals surface area contributed by atoms with Gasteiger partial charge < -0.3 is 5.32 Å². The molecule has 1 N–H and O–H groups in total. The molecular formula is C9H17N. The lowest BCUT2D eigenvalue weighted by Gasteiger charge is -2.01. The van der Waals surface area contributed by atoms with Crippen molar-refractivity contribution < 1.29 is 0 Å². The first-order chi connectivity index (χ1) is 4.93. The van der Waals surface area contributed by atoms with E-state index in [9.17, 15) is 0 Å². The molecule has 0 radical (unpaired) electrons. The third-order valence-electron chi connectivity index (χ3n) is 3.16. The van der Waals surface area contributed by atoms with E-state index in [0.29, 0.717) is 0 Å². The summed E-state index contributed by atoms with van der Waals surface area (Å²) in [6, 6.07) is 0. The number of nitrogens with one attached hydrogen (secondary N) is 1. The second-order valence-corrected chi connectivity index (χ2v) is 3.79. The van der Waals surface area contributed by atoms with Gasteiger partial charge >= 0.3 is 0 Å². The van der Waals surface area contributed by atoms with Gasteiger partial charge in [0.05, 0.1) is 0 Å². The molecule has 1 aliphatic carbocycles. The molecule has 0 bridgehead atoms. The number of unbranched alkanes of at least 4 members (excludes halogenated alkanes) is 1. The van der Waals surface area contributed by atoms with Gasteiger partial charge in [0, 0.05) is 0 Å². The van der Waals surface area contributed by atoms with Gasteiger partial charge in [0.2, 0.25) is 0 Å². The average Bonchev–Trinajstić information content (AvgIpc) is 2.46. The van der Waals surface area contributed by atoms with Gasteiger partial charge in [-0.3, -0.25) is 0 Å². The SMILES string of the molecule is CCCCC1C2CNCC12. The minimum absolute atomic E-state index is 1.09. The van der Waals surface area contributed by atoms with Crippen molar-refractivity contribution in [2.24, 2.45) is 17.8 Å². The van der Waals surface area contributed by atoms with Crippen molar-refractivity contribution in [2.45, 2.75) is 26.2 Å². The Morgan fingerprint density at radius 1 is 1.30 bits per heavy atom. The number of piperidine rings is 1. The lowest BCUT2D eigenvalue weighted by Crippen LogP contribution is -2.14. The summed E-state index contributed by atoms with van der Waals surface area (Å²) in [4.78, 5) is 0. The molecule has 2 atom stereocenters. The van der Waals surface area contributed by atoms with Gasteiger partial charge in [-0.25, -0.2) is 0 Å². The topological polar surface area (TPSA) is 12.0 Å². The van der Waals surface area contributed by atoms with Gasteiger partial charge in [0.25, 0.3) is 0 Å². The van der Waals surface area contributed by atoms with Crippen LogP contribution in [0.5, 0.6) is 0 Å². The van der Waals surface area contributed by atoms with Crippen molar-refractivity contribution in [1.82, 2.24) is 5.32 Å². The highest BCUT2D eigenvalue weighted by Gasteiger charge is 2.51. The maximum Gasteiger partial charge on any atom is -0.00144 e. The molecule has 1 aliphatic heterocycles. The summed E-state index contributed by atoms with van der Waals surface area (Å²) in [5.74, 6) is 3.30. The summed E-state index contributed by atoms with van der Waals surface area (Å²) in [5, 5.41) is 3.43. The highest BCUT2D eigenvalue weighted by Crippen LogP contribution is 2.51. The molecule has 0 aromatic carbocycles. The highest BCUT2D eigenvalue weighted by atomic mass is 15.0. The van der Waals surface area contributed by atoms with Crippen LogP contribution in [-0.2, 0) is 0 Å². The van der Waals surface area contributed by atoms with Gasteiger partial charge in [-0.2, -0.15) is 0 Å². The van der Waals surface area contributed by atoms with Crippen LogP contribution in [0.2, 0.25) is 0 Å². The van der Waals surface area contributed by atoms with Crippen LogP contribution in [0.3, 0.4) is 0 Å². The van der Waals surface area contributed by atoms with Crippen LogP contribution < -0.4 is 5.32 Å². The number of hydrogen-bond acceptors (Lipinski definition) is 1. The van der Waals surface area contributed by atoms with E-state index in [2.05, 4.69) is 12.2 Å². The summed E-state index contributed by atoms with van der Waals surface area (Å²) in [6.45, 7) is 4.93. The highest BCUT2D eigenvalue weighted by molar-refractivity contribution is 5.03. The van der Waals surface area contributed by atoms with E-state index in [1.165, 1.54) is 32.4 Å². The zero-order chi connectivity index (χ0) is 6.97. The zero-order valence-electron chi connectivity index (χ0n) is 6.77. The van der Waals surface area contributed by atoms with Crippen LogP contribution >= 0.6 is 0 Å². The zero-order valence-corrected chi connectivity index (χ0v) is 6.77. The van der Waals surface area contributed by atoms with E-state index in [4.69, 9.17) is 0 Å². The molecule has 2 fully saturated rings. The van der Waals surface area contributed by atoms with Crippen molar-refractivity contribution in [3.63, 3.8) is 0 Å². The van der Waals surface area contributed by atoms with Crippen LogP contribution in [0.4, 0.5) is 0 Å². The van der Waals surface area contributed by atoms with Gasteiger partial charge in [0.15, 0.2) is 0 Å². The lowest BCUT2D eigenvalue weighted by molar-refractivity contribution is 0.536.